The van der Waals surface area contributed by atoms with E-state index in [4.69, 9.17) is 0 Å². The van der Waals surface area contributed by atoms with Gasteiger partial charge >= 0.3 is 0 Å². The number of halogens is 1. The number of hydrogen-bond acceptors (Lipinski definition) is 5. The van der Waals surface area contributed by atoms with Gasteiger partial charge in [0.25, 0.3) is 0 Å². The largest absolute Gasteiger partial charge is 0.263 e. The molecule has 0 spiro atoms. The van der Waals surface area contributed by atoms with Crippen molar-refractivity contribution in [1.29, 1.82) is 0 Å². The van der Waals surface area contributed by atoms with E-state index in [9.17, 15) is 12.8 Å². The summed E-state index contributed by atoms with van der Waals surface area (Å²) in [5, 5.41) is 10.7. The molecule has 1 unspecified atom stereocenters. The zero-order valence-electron chi connectivity index (χ0n) is 14.5. The summed E-state index contributed by atoms with van der Waals surface area (Å²) in [5.41, 5.74) is 0.166. The highest BCUT2D eigenvalue weighted by Crippen LogP contribution is 2.23. The normalized spacial score (nSPS) is 13.3. The maximum Gasteiger partial charge on any atom is 0.241 e. The van der Waals surface area contributed by atoms with Gasteiger partial charge in [-0.05, 0) is 37.1 Å². The minimum absolute atomic E-state index is 0.104. The Labute approximate surface area is 150 Å². The molecule has 0 aliphatic rings. The molecule has 1 atom stereocenters. The van der Waals surface area contributed by atoms with Crippen LogP contribution < -0.4 is 4.72 Å². The van der Waals surface area contributed by atoms with E-state index in [1.807, 2.05) is 13.8 Å². The highest BCUT2D eigenvalue weighted by molar-refractivity contribution is 7.89. The SMILES string of the molecule is Cc1nc(C(NS(=O)(=O)c2ccc(-n3cccn3)c(F)c2)C(C)C)n[nH]1. The zero-order chi connectivity index (χ0) is 18.9. The summed E-state index contributed by atoms with van der Waals surface area (Å²) in [6.45, 7) is 5.42. The van der Waals surface area contributed by atoms with Crippen LogP contribution in [0.25, 0.3) is 5.69 Å². The smallest absolute Gasteiger partial charge is 0.241 e. The standard InChI is InChI=1S/C16H19FN6O2S/c1-10(2)15(16-19-11(3)20-21-16)22-26(24,25)12-5-6-14(13(17)9-12)23-8-4-7-18-23/h4-10,15,22H,1-3H3,(H,19,20,21). The zero-order valence-corrected chi connectivity index (χ0v) is 15.3. The Bertz CT molecular complexity index is 998. The molecule has 8 nitrogen and oxygen atoms in total. The number of aromatic nitrogens is 5. The number of benzene rings is 1. The number of hydrogen-bond donors (Lipinski definition) is 2. The molecule has 2 N–H and O–H groups in total. The molecule has 0 aliphatic carbocycles. The summed E-state index contributed by atoms with van der Waals surface area (Å²) in [4.78, 5) is 4.02. The van der Waals surface area contributed by atoms with E-state index in [1.54, 1.807) is 19.2 Å². The fourth-order valence-electron chi connectivity index (χ4n) is 2.47. The van der Waals surface area contributed by atoms with E-state index in [0.29, 0.717) is 11.6 Å². The summed E-state index contributed by atoms with van der Waals surface area (Å²) in [5.74, 6) is 0.133. The number of rotatable bonds is 6. The van der Waals surface area contributed by atoms with Gasteiger partial charge in [0.05, 0.1) is 10.9 Å². The second-order valence-electron chi connectivity index (χ2n) is 6.19. The number of nitrogens with one attached hydrogen (secondary N) is 2. The quantitative estimate of drug-likeness (QED) is 0.683. The topological polar surface area (TPSA) is 106 Å². The van der Waals surface area contributed by atoms with Crippen molar-refractivity contribution in [3.63, 3.8) is 0 Å². The van der Waals surface area contributed by atoms with E-state index < -0.39 is 21.9 Å². The Morgan fingerprint density at radius 1 is 1.31 bits per heavy atom. The highest BCUT2D eigenvalue weighted by Gasteiger charge is 2.27. The van der Waals surface area contributed by atoms with Gasteiger partial charge in [-0.15, -0.1) is 0 Å². The predicted molar refractivity (Wildman–Crippen MR) is 92.5 cm³/mol. The monoisotopic (exact) mass is 378 g/mol. The molecule has 0 saturated carbocycles. The fourth-order valence-corrected chi connectivity index (χ4v) is 3.83. The van der Waals surface area contributed by atoms with Gasteiger partial charge in [-0.3, -0.25) is 5.10 Å². The third kappa shape index (κ3) is 3.65. The Morgan fingerprint density at radius 3 is 2.62 bits per heavy atom. The Morgan fingerprint density at radius 2 is 2.08 bits per heavy atom. The summed E-state index contributed by atoms with van der Waals surface area (Å²) < 4.78 is 43.7. The molecule has 10 heteroatoms. The lowest BCUT2D eigenvalue weighted by molar-refractivity contribution is 0.445. The second-order valence-corrected chi connectivity index (χ2v) is 7.90. The van der Waals surface area contributed by atoms with Crippen LogP contribution in [-0.4, -0.2) is 33.4 Å². The van der Waals surface area contributed by atoms with Gasteiger partial charge in [-0.1, -0.05) is 13.8 Å². The molecule has 0 bridgehead atoms. The van der Waals surface area contributed by atoms with Crippen molar-refractivity contribution < 1.29 is 12.8 Å². The third-order valence-electron chi connectivity index (χ3n) is 3.82. The molecule has 2 heterocycles. The second kappa shape index (κ2) is 6.96. The van der Waals surface area contributed by atoms with E-state index in [-0.39, 0.29) is 16.5 Å². The Hall–Kier alpha value is -2.59. The molecule has 0 aliphatic heterocycles. The molecule has 3 aromatic rings. The van der Waals surface area contributed by atoms with E-state index in [2.05, 4.69) is 25.0 Å². The molecular weight excluding hydrogens is 359 g/mol. The number of aromatic amines is 1. The molecule has 0 saturated heterocycles. The first kappa shape index (κ1) is 18.2. The summed E-state index contributed by atoms with van der Waals surface area (Å²) in [7, 11) is -3.97. The minimum Gasteiger partial charge on any atom is -0.263 e. The van der Waals surface area contributed by atoms with Crippen molar-refractivity contribution in [2.75, 3.05) is 0 Å². The lowest BCUT2D eigenvalue weighted by Gasteiger charge is -2.19. The molecule has 2 aromatic heterocycles. The van der Waals surface area contributed by atoms with Gasteiger partial charge < -0.3 is 0 Å². The Kier molecular flexibility index (Phi) is 4.88. The number of aryl methyl sites for hydroxylation is 1. The third-order valence-corrected chi connectivity index (χ3v) is 5.26. The number of nitrogens with zero attached hydrogens (tertiary/aromatic N) is 4. The van der Waals surface area contributed by atoms with Crippen molar-refractivity contribution in [1.82, 2.24) is 29.7 Å². The van der Waals surface area contributed by atoms with Crippen molar-refractivity contribution in [3.05, 3.63) is 54.1 Å². The minimum atomic E-state index is -3.97. The van der Waals surface area contributed by atoms with Crippen LogP contribution in [-0.2, 0) is 10.0 Å². The van der Waals surface area contributed by atoms with Gasteiger partial charge in [0.2, 0.25) is 10.0 Å². The van der Waals surface area contributed by atoms with Crippen molar-refractivity contribution >= 4 is 10.0 Å². The molecule has 0 radical (unpaired) electrons. The van der Waals surface area contributed by atoms with E-state index in [0.717, 1.165) is 6.07 Å². The lowest BCUT2D eigenvalue weighted by Crippen LogP contribution is -2.32. The van der Waals surface area contributed by atoms with Gasteiger partial charge in [-0.25, -0.2) is 27.2 Å². The molecule has 0 amide bonds. The highest BCUT2D eigenvalue weighted by atomic mass is 32.2. The van der Waals surface area contributed by atoms with Crippen LogP contribution >= 0.6 is 0 Å². The van der Waals surface area contributed by atoms with Crippen LogP contribution in [0.15, 0.2) is 41.6 Å². The van der Waals surface area contributed by atoms with Gasteiger partial charge in [0.1, 0.15) is 17.3 Å². The Balaban J connectivity index is 1.91. The van der Waals surface area contributed by atoms with Crippen LogP contribution in [0.1, 0.15) is 31.5 Å². The van der Waals surface area contributed by atoms with Crippen LogP contribution in [0.2, 0.25) is 0 Å². The van der Waals surface area contributed by atoms with Gasteiger partial charge in [0, 0.05) is 12.4 Å². The molecule has 138 valence electrons. The first-order chi connectivity index (χ1) is 12.3. The first-order valence-electron chi connectivity index (χ1n) is 7.99. The predicted octanol–water partition coefficient (Wildman–Crippen LogP) is 2.11. The van der Waals surface area contributed by atoms with Crippen LogP contribution in [0.3, 0.4) is 0 Å². The maximum absolute atomic E-state index is 14.4. The molecule has 26 heavy (non-hydrogen) atoms. The summed E-state index contributed by atoms with van der Waals surface area (Å²) in [6.07, 6.45) is 3.09. The van der Waals surface area contributed by atoms with E-state index >= 15 is 0 Å². The van der Waals surface area contributed by atoms with E-state index in [1.165, 1.54) is 23.0 Å². The van der Waals surface area contributed by atoms with Crippen molar-refractivity contribution in [2.24, 2.45) is 5.92 Å². The summed E-state index contributed by atoms with van der Waals surface area (Å²) >= 11 is 0. The summed E-state index contributed by atoms with van der Waals surface area (Å²) in [6, 6.07) is 4.69. The number of H-pyrrole nitrogens is 1. The molecule has 0 fully saturated rings. The van der Waals surface area contributed by atoms with Crippen LogP contribution in [0.4, 0.5) is 4.39 Å². The fraction of sp³-hybridized carbons (Fsp3) is 0.312. The van der Waals surface area contributed by atoms with Gasteiger partial charge in [0.15, 0.2) is 5.82 Å². The molecule has 1 aromatic carbocycles. The van der Waals surface area contributed by atoms with Crippen LogP contribution in [0.5, 0.6) is 0 Å². The molecular formula is C16H19FN6O2S. The maximum atomic E-state index is 14.4. The lowest BCUT2D eigenvalue weighted by atomic mass is 10.1. The number of sulfonamides is 1. The van der Waals surface area contributed by atoms with Crippen LogP contribution in [0, 0.1) is 18.7 Å². The van der Waals surface area contributed by atoms with Crippen molar-refractivity contribution in [3.8, 4) is 5.69 Å². The van der Waals surface area contributed by atoms with Gasteiger partial charge in [-0.2, -0.15) is 10.2 Å². The average molecular weight is 378 g/mol. The average Bonchev–Trinajstić information content (AvgIpc) is 3.24. The van der Waals surface area contributed by atoms with Crippen molar-refractivity contribution in [2.45, 2.75) is 31.7 Å². The molecule has 3 rings (SSSR count). The first-order valence-corrected chi connectivity index (χ1v) is 9.47.